The summed E-state index contributed by atoms with van der Waals surface area (Å²) in [6.07, 6.45) is 2.82. The Labute approximate surface area is 63.6 Å². The molecule has 1 fully saturated rings. The van der Waals surface area contributed by atoms with Crippen LogP contribution >= 0.6 is 0 Å². The first kappa shape index (κ1) is 8.02. The average Bonchev–Trinajstić information content (AvgIpc) is 2.47. The van der Waals surface area contributed by atoms with Crippen LogP contribution in [0.25, 0.3) is 0 Å². The van der Waals surface area contributed by atoms with Crippen molar-refractivity contribution >= 4 is 0 Å². The molecule has 2 heteroatoms. The summed E-state index contributed by atoms with van der Waals surface area (Å²) in [4.78, 5) is 2.28. The van der Waals surface area contributed by atoms with Gasteiger partial charge in [0.2, 0.25) is 0 Å². The number of hydrogen-bond acceptors (Lipinski definition) is 2. The van der Waals surface area contributed by atoms with Gasteiger partial charge in [0.1, 0.15) is 0 Å². The second-order valence-corrected chi connectivity index (χ2v) is 3.77. The van der Waals surface area contributed by atoms with Gasteiger partial charge in [-0.15, -0.1) is 0 Å². The van der Waals surface area contributed by atoms with Crippen molar-refractivity contribution in [3.8, 4) is 0 Å². The maximum Gasteiger partial charge on any atom is 0.00440 e. The lowest BCUT2D eigenvalue weighted by atomic mass is 10.1. The van der Waals surface area contributed by atoms with Crippen molar-refractivity contribution in [3.05, 3.63) is 0 Å². The predicted molar refractivity (Wildman–Crippen MR) is 44.1 cm³/mol. The van der Waals surface area contributed by atoms with E-state index in [4.69, 9.17) is 0 Å². The number of rotatable bonds is 4. The van der Waals surface area contributed by atoms with Gasteiger partial charge in [-0.05, 0) is 39.4 Å². The second-order valence-electron chi connectivity index (χ2n) is 3.77. The largest absolute Gasteiger partial charge is 0.319 e. The average molecular weight is 142 g/mol. The Morgan fingerprint density at radius 1 is 1.40 bits per heavy atom. The summed E-state index contributed by atoms with van der Waals surface area (Å²) in [5.74, 6) is 0. The Morgan fingerprint density at radius 3 is 2.30 bits per heavy atom. The minimum Gasteiger partial charge on any atom is -0.319 e. The van der Waals surface area contributed by atoms with Crippen LogP contribution in [0.1, 0.15) is 12.8 Å². The summed E-state index contributed by atoms with van der Waals surface area (Å²) in [7, 11) is 6.33. The molecule has 0 amide bonds. The highest BCUT2D eigenvalue weighted by molar-refractivity contribution is 4.96. The normalized spacial score (nSPS) is 21.6. The molecule has 2 nitrogen and oxygen atoms in total. The van der Waals surface area contributed by atoms with Gasteiger partial charge in [-0.1, -0.05) is 0 Å². The molecule has 0 saturated heterocycles. The molecular weight excluding hydrogens is 124 g/mol. The summed E-state index contributed by atoms with van der Waals surface area (Å²) < 4.78 is 0. The minimum atomic E-state index is 0.637. The van der Waals surface area contributed by atoms with Crippen LogP contribution in [0.4, 0.5) is 0 Å². The SMILES string of the molecule is CNCC1(CN(C)C)CC1. The van der Waals surface area contributed by atoms with Gasteiger partial charge in [0.15, 0.2) is 0 Å². The van der Waals surface area contributed by atoms with Crippen molar-refractivity contribution in [3.63, 3.8) is 0 Å². The van der Waals surface area contributed by atoms with Gasteiger partial charge in [0.05, 0.1) is 0 Å². The molecule has 0 atom stereocenters. The Kier molecular flexibility index (Phi) is 2.32. The zero-order valence-corrected chi connectivity index (χ0v) is 7.28. The smallest absolute Gasteiger partial charge is 0.00440 e. The van der Waals surface area contributed by atoms with Crippen LogP contribution in [0.15, 0.2) is 0 Å². The minimum absolute atomic E-state index is 0.637. The number of hydrogen-bond donors (Lipinski definition) is 1. The lowest BCUT2D eigenvalue weighted by Crippen LogP contribution is -2.30. The maximum absolute atomic E-state index is 3.25. The zero-order chi connectivity index (χ0) is 7.61. The van der Waals surface area contributed by atoms with Crippen LogP contribution in [-0.4, -0.2) is 39.1 Å². The molecule has 1 saturated carbocycles. The standard InChI is InChI=1S/C8H18N2/c1-9-6-8(4-5-8)7-10(2)3/h9H,4-7H2,1-3H3. The van der Waals surface area contributed by atoms with Crippen LogP contribution < -0.4 is 5.32 Å². The highest BCUT2D eigenvalue weighted by Gasteiger charge is 2.41. The third-order valence-corrected chi connectivity index (χ3v) is 2.16. The van der Waals surface area contributed by atoms with Crippen molar-refractivity contribution < 1.29 is 0 Å². The van der Waals surface area contributed by atoms with E-state index in [2.05, 4.69) is 24.3 Å². The molecule has 0 aromatic heterocycles. The molecule has 1 N–H and O–H groups in total. The van der Waals surface area contributed by atoms with Crippen molar-refractivity contribution in [1.82, 2.24) is 10.2 Å². The van der Waals surface area contributed by atoms with E-state index < -0.39 is 0 Å². The molecule has 1 rings (SSSR count). The summed E-state index contributed by atoms with van der Waals surface area (Å²) in [6, 6.07) is 0. The predicted octanol–water partition coefficient (Wildman–Crippen LogP) is 0.548. The summed E-state index contributed by atoms with van der Waals surface area (Å²) in [6.45, 7) is 2.43. The molecule has 0 heterocycles. The molecule has 60 valence electrons. The third-order valence-electron chi connectivity index (χ3n) is 2.16. The van der Waals surface area contributed by atoms with Gasteiger partial charge in [-0.3, -0.25) is 0 Å². The molecular formula is C8H18N2. The van der Waals surface area contributed by atoms with Crippen molar-refractivity contribution in [1.29, 1.82) is 0 Å². The Bertz CT molecular complexity index is 106. The van der Waals surface area contributed by atoms with Crippen molar-refractivity contribution in [2.45, 2.75) is 12.8 Å². The van der Waals surface area contributed by atoms with Gasteiger partial charge in [-0.25, -0.2) is 0 Å². The van der Waals surface area contributed by atoms with E-state index in [-0.39, 0.29) is 0 Å². The van der Waals surface area contributed by atoms with Crippen molar-refractivity contribution in [2.75, 3.05) is 34.2 Å². The summed E-state index contributed by atoms with van der Waals surface area (Å²) >= 11 is 0. The van der Waals surface area contributed by atoms with E-state index in [1.165, 1.54) is 25.9 Å². The summed E-state index contributed by atoms with van der Waals surface area (Å²) in [5.41, 5.74) is 0.637. The van der Waals surface area contributed by atoms with Crippen LogP contribution in [0.3, 0.4) is 0 Å². The molecule has 0 unspecified atom stereocenters. The quantitative estimate of drug-likeness (QED) is 0.616. The lowest BCUT2D eigenvalue weighted by Gasteiger charge is -2.19. The van der Waals surface area contributed by atoms with Gasteiger partial charge in [0, 0.05) is 13.1 Å². The van der Waals surface area contributed by atoms with E-state index in [9.17, 15) is 0 Å². The number of nitrogens with zero attached hydrogens (tertiary/aromatic N) is 1. The van der Waals surface area contributed by atoms with Crippen LogP contribution in [-0.2, 0) is 0 Å². The van der Waals surface area contributed by atoms with E-state index in [1.807, 2.05) is 7.05 Å². The molecule has 0 radical (unpaired) electrons. The third kappa shape index (κ3) is 1.96. The van der Waals surface area contributed by atoms with Gasteiger partial charge in [0.25, 0.3) is 0 Å². The second kappa shape index (κ2) is 2.89. The van der Waals surface area contributed by atoms with Gasteiger partial charge in [-0.2, -0.15) is 0 Å². The Balaban J connectivity index is 2.23. The van der Waals surface area contributed by atoms with Crippen LogP contribution in [0.5, 0.6) is 0 Å². The monoisotopic (exact) mass is 142 g/mol. The molecule has 0 aromatic rings. The highest BCUT2D eigenvalue weighted by atomic mass is 15.1. The van der Waals surface area contributed by atoms with Gasteiger partial charge < -0.3 is 10.2 Å². The Hall–Kier alpha value is -0.0800. The first-order valence-electron chi connectivity index (χ1n) is 3.98. The first-order valence-corrected chi connectivity index (χ1v) is 3.98. The summed E-state index contributed by atoms with van der Waals surface area (Å²) in [5, 5.41) is 3.25. The van der Waals surface area contributed by atoms with Crippen molar-refractivity contribution in [2.24, 2.45) is 5.41 Å². The molecule has 1 aliphatic rings. The molecule has 0 spiro atoms. The van der Waals surface area contributed by atoms with Gasteiger partial charge >= 0.3 is 0 Å². The maximum atomic E-state index is 3.25. The van der Waals surface area contributed by atoms with Crippen LogP contribution in [0.2, 0.25) is 0 Å². The molecule has 0 bridgehead atoms. The first-order chi connectivity index (χ1) is 4.68. The van der Waals surface area contributed by atoms with E-state index >= 15 is 0 Å². The lowest BCUT2D eigenvalue weighted by molar-refractivity contribution is 0.303. The molecule has 0 aromatic carbocycles. The van der Waals surface area contributed by atoms with E-state index in [0.29, 0.717) is 5.41 Å². The Morgan fingerprint density at radius 2 is 2.00 bits per heavy atom. The fourth-order valence-corrected chi connectivity index (χ4v) is 1.61. The molecule has 0 aliphatic heterocycles. The number of nitrogens with one attached hydrogen (secondary N) is 1. The van der Waals surface area contributed by atoms with E-state index in [1.54, 1.807) is 0 Å². The van der Waals surface area contributed by atoms with Crippen LogP contribution in [0, 0.1) is 5.41 Å². The molecule has 10 heavy (non-hydrogen) atoms. The fraction of sp³-hybridized carbons (Fsp3) is 1.00. The highest BCUT2D eigenvalue weighted by Crippen LogP contribution is 2.45. The topological polar surface area (TPSA) is 15.3 Å². The molecule has 1 aliphatic carbocycles. The van der Waals surface area contributed by atoms with E-state index in [0.717, 1.165) is 0 Å². The fourth-order valence-electron chi connectivity index (χ4n) is 1.61. The zero-order valence-electron chi connectivity index (χ0n) is 7.28.